The molecule has 1 aliphatic heterocycles. The summed E-state index contributed by atoms with van der Waals surface area (Å²) in [5.41, 5.74) is 3.74. The molecule has 34 heavy (non-hydrogen) atoms. The first-order chi connectivity index (χ1) is 16.3. The van der Waals surface area contributed by atoms with Crippen molar-refractivity contribution in [2.24, 2.45) is 0 Å². The Kier molecular flexibility index (Phi) is 6.58. The van der Waals surface area contributed by atoms with Gasteiger partial charge in [-0.2, -0.15) is 0 Å². The third-order valence-corrected chi connectivity index (χ3v) is 5.63. The lowest BCUT2D eigenvalue weighted by atomic mass is 9.96. The number of rotatable bonds is 7. The van der Waals surface area contributed by atoms with E-state index < -0.39 is 11.9 Å². The highest BCUT2D eigenvalue weighted by Gasteiger charge is 2.38. The summed E-state index contributed by atoms with van der Waals surface area (Å²) in [4.78, 5) is 18.7. The molecule has 3 aromatic rings. The molecular formula is C26H26F2N4O2. The van der Waals surface area contributed by atoms with Crippen molar-refractivity contribution in [2.45, 2.75) is 26.2 Å². The lowest BCUT2D eigenvalue weighted by molar-refractivity contribution is 0.0257. The number of alkyl halides is 2. The molecule has 0 amide bonds. The molecule has 176 valence electrons. The first-order valence-corrected chi connectivity index (χ1v) is 11.1. The highest BCUT2D eigenvalue weighted by molar-refractivity contribution is 6.08. The maximum atomic E-state index is 13.6. The minimum absolute atomic E-state index is 0.114. The predicted octanol–water partition coefficient (Wildman–Crippen LogP) is 5.90. The zero-order valence-corrected chi connectivity index (χ0v) is 19.1. The number of para-hydroxylation sites is 1. The molecule has 0 atom stereocenters. The van der Waals surface area contributed by atoms with Crippen molar-refractivity contribution in [3.05, 3.63) is 71.9 Å². The van der Waals surface area contributed by atoms with Gasteiger partial charge in [0.25, 0.3) is 5.92 Å². The number of nitrogens with zero attached hydrogens (tertiary/aromatic N) is 2. The van der Waals surface area contributed by atoms with Crippen LogP contribution >= 0.6 is 0 Å². The molecular weight excluding hydrogens is 438 g/mol. The van der Waals surface area contributed by atoms with E-state index in [1.807, 2.05) is 42.5 Å². The Bertz CT molecular complexity index is 1200. The fourth-order valence-electron chi connectivity index (χ4n) is 4.02. The molecule has 0 spiro atoms. The van der Waals surface area contributed by atoms with Crippen LogP contribution in [0.15, 0.2) is 60.7 Å². The predicted molar refractivity (Wildman–Crippen MR) is 130 cm³/mol. The van der Waals surface area contributed by atoms with E-state index >= 15 is 0 Å². The smallest absolute Gasteiger partial charge is 0.357 e. The maximum absolute atomic E-state index is 13.6. The van der Waals surface area contributed by atoms with Crippen molar-refractivity contribution in [2.75, 3.05) is 29.9 Å². The Labute approximate surface area is 197 Å². The van der Waals surface area contributed by atoms with Gasteiger partial charge in [-0.3, -0.25) is 0 Å². The topological polar surface area (TPSA) is 78.3 Å². The molecule has 2 aromatic carbocycles. The first kappa shape index (κ1) is 23.4. The number of hydrogen-bond acceptors (Lipinski definition) is 6. The van der Waals surface area contributed by atoms with Gasteiger partial charge in [0.1, 0.15) is 5.82 Å². The van der Waals surface area contributed by atoms with Gasteiger partial charge in [-0.25, -0.2) is 18.6 Å². The molecule has 2 N–H and O–H groups in total. The number of carbonyl (C=O) groups excluding carboxylic acids is 1. The van der Waals surface area contributed by atoms with E-state index in [9.17, 15) is 13.6 Å². The first-order valence-electron chi connectivity index (χ1n) is 11.1. The Balaban J connectivity index is 1.78. The minimum Gasteiger partial charge on any atom is -0.461 e. The summed E-state index contributed by atoms with van der Waals surface area (Å²) < 4.78 is 32.5. The lowest BCUT2D eigenvalue weighted by Gasteiger charge is -2.20. The van der Waals surface area contributed by atoms with Gasteiger partial charge in [0.15, 0.2) is 5.69 Å². The number of carbonyl (C=O) groups is 1. The van der Waals surface area contributed by atoms with Crippen molar-refractivity contribution in [1.82, 2.24) is 4.98 Å². The lowest BCUT2D eigenvalue weighted by Crippen LogP contribution is -2.24. The highest BCUT2D eigenvalue weighted by Crippen LogP contribution is 2.35. The number of halogens is 2. The summed E-state index contributed by atoms with van der Waals surface area (Å²) in [6.07, 6.45) is -0.159. The minimum atomic E-state index is -2.68. The SMILES string of the molecule is CCOC(=O)c1cc(-c2ccc(N3CCC(F)(F)C3)cc2)c(C(C)=N)c(Nc2ccccc2)n1. The van der Waals surface area contributed by atoms with Crippen LogP contribution in [0.3, 0.4) is 0 Å². The number of esters is 1. The second-order valence-corrected chi connectivity index (χ2v) is 8.19. The summed E-state index contributed by atoms with van der Waals surface area (Å²) in [6, 6.07) is 18.2. The molecule has 2 heterocycles. The van der Waals surface area contributed by atoms with E-state index in [1.54, 1.807) is 36.9 Å². The molecule has 8 heteroatoms. The van der Waals surface area contributed by atoms with E-state index in [1.165, 1.54) is 0 Å². The number of ether oxygens (including phenoxy) is 1. The summed E-state index contributed by atoms with van der Waals surface area (Å²) in [5.74, 6) is -2.88. The van der Waals surface area contributed by atoms with Crippen molar-refractivity contribution in [1.29, 1.82) is 5.41 Å². The Morgan fingerprint density at radius 3 is 2.47 bits per heavy atom. The van der Waals surface area contributed by atoms with Crippen molar-refractivity contribution >= 4 is 28.9 Å². The van der Waals surface area contributed by atoms with Crippen LogP contribution in [0.4, 0.5) is 26.0 Å². The third kappa shape index (κ3) is 5.06. The van der Waals surface area contributed by atoms with E-state index in [-0.39, 0.29) is 31.0 Å². The maximum Gasteiger partial charge on any atom is 0.357 e. The number of pyridine rings is 1. The molecule has 6 nitrogen and oxygen atoms in total. The van der Waals surface area contributed by atoms with E-state index in [2.05, 4.69) is 10.3 Å². The van der Waals surface area contributed by atoms with Crippen LogP contribution in [0, 0.1) is 5.41 Å². The molecule has 4 rings (SSSR count). The zero-order valence-electron chi connectivity index (χ0n) is 19.1. The second kappa shape index (κ2) is 9.59. The van der Waals surface area contributed by atoms with Gasteiger partial charge in [-0.1, -0.05) is 30.3 Å². The summed E-state index contributed by atoms with van der Waals surface area (Å²) in [6.45, 7) is 3.58. The van der Waals surface area contributed by atoms with Gasteiger partial charge in [0, 0.05) is 35.6 Å². The summed E-state index contributed by atoms with van der Waals surface area (Å²) in [7, 11) is 0. The van der Waals surface area contributed by atoms with Crippen LogP contribution in [0.1, 0.15) is 36.3 Å². The van der Waals surface area contributed by atoms with Crippen LogP contribution in [0.2, 0.25) is 0 Å². The molecule has 1 fully saturated rings. The van der Waals surface area contributed by atoms with Crippen LogP contribution in [-0.2, 0) is 4.74 Å². The monoisotopic (exact) mass is 464 g/mol. The van der Waals surface area contributed by atoms with Crippen LogP contribution in [-0.4, -0.2) is 42.3 Å². The number of benzene rings is 2. The largest absolute Gasteiger partial charge is 0.461 e. The molecule has 1 aromatic heterocycles. The van der Waals surface area contributed by atoms with Crippen LogP contribution in [0.5, 0.6) is 0 Å². The van der Waals surface area contributed by atoms with Crippen molar-refractivity contribution in [3.63, 3.8) is 0 Å². The molecule has 0 bridgehead atoms. The molecule has 0 unspecified atom stereocenters. The van der Waals surface area contributed by atoms with Crippen molar-refractivity contribution in [3.8, 4) is 11.1 Å². The molecule has 0 aliphatic carbocycles. The number of hydrogen-bond donors (Lipinski definition) is 2. The Morgan fingerprint density at radius 2 is 1.88 bits per heavy atom. The highest BCUT2D eigenvalue weighted by atomic mass is 19.3. The fraction of sp³-hybridized carbons (Fsp3) is 0.269. The van der Waals surface area contributed by atoms with Gasteiger partial charge in [0.2, 0.25) is 0 Å². The third-order valence-electron chi connectivity index (χ3n) is 5.63. The van der Waals surface area contributed by atoms with Gasteiger partial charge < -0.3 is 20.4 Å². The fourth-order valence-corrected chi connectivity index (χ4v) is 4.02. The number of nitrogens with one attached hydrogen (secondary N) is 2. The van der Waals surface area contributed by atoms with Gasteiger partial charge in [0.05, 0.1) is 13.2 Å². The van der Waals surface area contributed by atoms with Gasteiger partial charge in [-0.15, -0.1) is 0 Å². The van der Waals surface area contributed by atoms with E-state index in [4.69, 9.17) is 10.1 Å². The Hall–Kier alpha value is -3.81. The zero-order chi connectivity index (χ0) is 24.3. The second-order valence-electron chi connectivity index (χ2n) is 8.19. The summed E-state index contributed by atoms with van der Waals surface area (Å²) >= 11 is 0. The van der Waals surface area contributed by atoms with Crippen LogP contribution in [0.25, 0.3) is 11.1 Å². The average molecular weight is 465 g/mol. The average Bonchev–Trinajstić information content (AvgIpc) is 3.19. The standard InChI is InChI=1S/C26H26F2N4O2/c1-3-34-25(33)22-15-21(18-9-11-20(12-10-18)32-14-13-26(27,28)16-32)23(17(2)29)24(31-22)30-19-7-5-4-6-8-19/h4-12,15,29H,3,13-14,16H2,1-2H3,(H,30,31). The summed E-state index contributed by atoms with van der Waals surface area (Å²) in [5, 5.41) is 11.6. The van der Waals surface area contributed by atoms with Crippen LogP contribution < -0.4 is 10.2 Å². The molecule has 0 radical (unpaired) electrons. The molecule has 1 saturated heterocycles. The van der Waals surface area contributed by atoms with Crippen molar-refractivity contribution < 1.29 is 18.3 Å². The quantitative estimate of drug-likeness (QED) is 0.336. The normalized spacial score (nSPS) is 14.6. The molecule has 1 aliphatic rings. The van der Waals surface area contributed by atoms with Gasteiger partial charge in [-0.05, 0) is 55.3 Å². The molecule has 0 saturated carbocycles. The van der Waals surface area contributed by atoms with E-state index in [0.29, 0.717) is 29.2 Å². The van der Waals surface area contributed by atoms with Gasteiger partial charge >= 0.3 is 5.97 Å². The van der Waals surface area contributed by atoms with E-state index in [0.717, 1.165) is 11.3 Å². The Morgan fingerprint density at radius 1 is 1.18 bits per heavy atom. The number of aromatic nitrogens is 1. The number of anilines is 3.